The fourth-order valence-corrected chi connectivity index (χ4v) is 4.92. The second-order valence-electron chi connectivity index (χ2n) is 6.42. The van der Waals surface area contributed by atoms with Gasteiger partial charge in [-0.15, -0.1) is 0 Å². The zero-order valence-corrected chi connectivity index (χ0v) is 16.6. The molecule has 0 aliphatic carbocycles. The van der Waals surface area contributed by atoms with Crippen molar-refractivity contribution in [3.63, 3.8) is 0 Å². The summed E-state index contributed by atoms with van der Waals surface area (Å²) in [4.78, 5) is 33.1. The van der Waals surface area contributed by atoms with Gasteiger partial charge in [0.05, 0.1) is 16.8 Å². The van der Waals surface area contributed by atoms with Gasteiger partial charge in [0.15, 0.2) is 5.13 Å². The molecule has 4 rings (SSSR count). The Morgan fingerprint density at radius 3 is 2.70 bits per heavy atom. The van der Waals surface area contributed by atoms with Gasteiger partial charge in [-0.25, -0.2) is 4.98 Å². The first kappa shape index (κ1) is 18.0. The number of thiazole rings is 1. The van der Waals surface area contributed by atoms with Crippen molar-refractivity contribution in [3.05, 3.63) is 59.7 Å². The average Bonchev–Trinajstić information content (AvgIpc) is 3.28. The molecule has 0 unspecified atom stereocenters. The van der Waals surface area contributed by atoms with E-state index >= 15 is 0 Å². The Bertz CT molecular complexity index is 987. The van der Waals surface area contributed by atoms with Gasteiger partial charge in [-0.1, -0.05) is 65.6 Å². The Morgan fingerprint density at radius 2 is 2.00 bits per heavy atom. The van der Waals surface area contributed by atoms with Gasteiger partial charge in [-0.2, -0.15) is 0 Å². The highest BCUT2D eigenvalue weighted by Gasteiger charge is 2.27. The van der Waals surface area contributed by atoms with E-state index in [9.17, 15) is 9.59 Å². The summed E-state index contributed by atoms with van der Waals surface area (Å²) in [6, 6.07) is 15.9. The molecule has 2 amide bonds. The molecule has 1 aromatic heterocycles. The maximum atomic E-state index is 13.1. The van der Waals surface area contributed by atoms with Crippen molar-refractivity contribution < 1.29 is 9.59 Å². The summed E-state index contributed by atoms with van der Waals surface area (Å²) in [5, 5.41) is 0.649. The molecule has 7 heteroatoms. The minimum Gasteiger partial charge on any atom is -0.323 e. The largest absolute Gasteiger partial charge is 0.323 e. The zero-order valence-electron chi connectivity index (χ0n) is 14.9. The summed E-state index contributed by atoms with van der Waals surface area (Å²) >= 11 is 2.78. The Balaban J connectivity index is 1.67. The van der Waals surface area contributed by atoms with Gasteiger partial charge in [0.2, 0.25) is 5.91 Å². The Labute approximate surface area is 166 Å². The molecular formula is C20H19N3O2S2. The number of benzene rings is 2. The lowest BCUT2D eigenvalue weighted by Gasteiger charge is -2.23. The Kier molecular flexibility index (Phi) is 5.13. The van der Waals surface area contributed by atoms with Crippen molar-refractivity contribution in [1.29, 1.82) is 0 Å². The normalized spacial score (nSPS) is 14.1. The molecule has 2 heterocycles. The van der Waals surface area contributed by atoms with E-state index < -0.39 is 0 Å². The van der Waals surface area contributed by atoms with Crippen LogP contribution >= 0.6 is 23.1 Å². The van der Waals surface area contributed by atoms with Crippen LogP contribution in [0.1, 0.15) is 11.1 Å². The van der Waals surface area contributed by atoms with Crippen molar-refractivity contribution in [3.8, 4) is 0 Å². The number of hydrogen-bond acceptors (Lipinski definition) is 5. The molecule has 2 aromatic carbocycles. The Morgan fingerprint density at radius 1 is 1.19 bits per heavy atom. The van der Waals surface area contributed by atoms with Crippen LogP contribution < -0.4 is 4.90 Å². The molecule has 1 saturated heterocycles. The summed E-state index contributed by atoms with van der Waals surface area (Å²) in [7, 11) is 0. The molecule has 1 fully saturated rings. The van der Waals surface area contributed by atoms with Crippen molar-refractivity contribution in [1.82, 2.24) is 9.88 Å². The highest BCUT2D eigenvalue weighted by molar-refractivity contribution is 8.13. The third-order valence-electron chi connectivity index (χ3n) is 4.50. The first-order chi connectivity index (χ1) is 13.1. The summed E-state index contributed by atoms with van der Waals surface area (Å²) < 4.78 is 1.06. The second kappa shape index (κ2) is 7.70. The highest BCUT2D eigenvalue weighted by Crippen LogP contribution is 2.32. The number of aromatic nitrogens is 1. The standard InChI is InChI=1S/C20H19N3O2S2/c1-14-6-5-9-16-18(14)21-19(27-16)23(12-15-7-3-2-4-8-15)17(24)13-22-10-11-26-20(22)25/h2-9H,10-13H2,1H3. The van der Waals surface area contributed by atoms with Crippen molar-refractivity contribution in [2.45, 2.75) is 13.5 Å². The van der Waals surface area contributed by atoms with Crippen LogP contribution in [0.25, 0.3) is 10.2 Å². The van der Waals surface area contributed by atoms with Crippen LogP contribution in [0.15, 0.2) is 48.5 Å². The summed E-state index contributed by atoms with van der Waals surface area (Å²) in [6.45, 7) is 3.17. The van der Waals surface area contributed by atoms with E-state index in [1.165, 1.54) is 23.1 Å². The van der Waals surface area contributed by atoms with E-state index in [0.29, 0.717) is 18.2 Å². The predicted octanol–water partition coefficient (Wildman–Crippen LogP) is 4.31. The van der Waals surface area contributed by atoms with E-state index in [2.05, 4.69) is 0 Å². The van der Waals surface area contributed by atoms with E-state index in [0.717, 1.165) is 27.1 Å². The van der Waals surface area contributed by atoms with Crippen molar-refractivity contribution >= 4 is 49.6 Å². The van der Waals surface area contributed by atoms with E-state index in [1.807, 2.05) is 55.5 Å². The molecule has 1 aliphatic rings. The smallest absolute Gasteiger partial charge is 0.282 e. The number of hydrogen-bond donors (Lipinski definition) is 0. The summed E-state index contributed by atoms with van der Waals surface area (Å²) in [6.07, 6.45) is 0. The third-order valence-corrected chi connectivity index (χ3v) is 6.43. The number of nitrogens with zero attached hydrogens (tertiary/aromatic N) is 3. The first-order valence-electron chi connectivity index (χ1n) is 8.74. The van der Waals surface area contributed by atoms with E-state index in [4.69, 9.17) is 4.98 Å². The van der Waals surface area contributed by atoms with Crippen LogP contribution in [-0.4, -0.2) is 39.9 Å². The fraction of sp³-hybridized carbons (Fsp3) is 0.250. The molecule has 0 atom stereocenters. The molecule has 27 heavy (non-hydrogen) atoms. The van der Waals surface area contributed by atoms with Crippen molar-refractivity contribution in [2.75, 3.05) is 23.7 Å². The molecule has 0 spiro atoms. The lowest BCUT2D eigenvalue weighted by atomic mass is 10.2. The SMILES string of the molecule is Cc1cccc2sc(N(Cc3ccccc3)C(=O)CN3CCSC3=O)nc12. The number of thioether (sulfide) groups is 1. The van der Waals surface area contributed by atoms with Crippen LogP contribution in [0, 0.1) is 6.92 Å². The third kappa shape index (κ3) is 3.84. The molecular weight excluding hydrogens is 378 g/mol. The molecule has 1 aliphatic heterocycles. The highest BCUT2D eigenvalue weighted by atomic mass is 32.2. The van der Waals surface area contributed by atoms with Gasteiger partial charge >= 0.3 is 0 Å². The maximum Gasteiger partial charge on any atom is 0.282 e. The lowest BCUT2D eigenvalue weighted by molar-refractivity contribution is -0.119. The van der Waals surface area contributed by atoms with Crippen LogP contribution in [0.5, 0.6) is 0 Å². The summed E-state index contributed by atoms with van der Waals surface area (Å²) in [5.74, 6) is 0.636. The number of para-hydroxylation sites is 1. The van der Waals surface area contributed by atoms with Crippen LogP contribution in [0.4, 0.5) is 9.93 Å². The molecule has 138 valence electrons. The number of carbonyl (C=O) groups is 2. The van der Waals surface area contributed by atoms with Crippen LogP contribution in [0.3, 0.4) is 0 Å². The van der Waals surface area contributed by atoms with Gasteiger partial charge < -0.3 is 4.90 Å². The fourth-order valence-electron chi connectivity index (χ4n) is 3.04. The number of fused-ring (bicyclic) bond motifs is 1. The second-order valence-corrected chi connectivity index (χ2v) is 8.47. The number of aryl methyl sites for hydroxylation is 1. The zero-order chi connectivity index (χ0) is 18.8. The van der Waals surface area contributed by atoms with Crippen LogP contribution in [-0.2, 0) is 11.3 Å². The molecule has 0 bridgehead atoms. The number of amides is 2. The minimum absolute atomic E-state index is 0.0249. The minimum atomic E-state index is -0.105. The predicted molar refractivity (Wildman–Crippen MR) is 111 cm³/mol. The van der Waals surface area contributed by atoms with Gasteiger partial charge in [-0.05, 0) is 24.1 Å². The van der Waals surface area contributed by atoms with Crippen LogP contribution in [0.2, 0.25) is 0 Å². The monoisotopic (exact) mass is 397 g/mol. The molecule has 0 saturated carbocycles. The van der Waals surface area contributed by atoms with Gasteiger partial charge in [0, 0.05) is 12.3 Å². The quantitative estimate of drug-likeness (QED) is 0.644. The number of anilines is 1. The Hall–Kier alpha value is -2.38. The van der Waals surface area contributed by atoms with Gasteiger partial charge in [-0.3, -0.25) is 14.5 Å². The average molecular weight is 398 g/mol. The van der Waals surface area contributed by atoms with Gasteiger partial charge in [0.1, 0.15) is 6.54 Å². The van der Waals surface area contributed by atoms with Crippen molar-refractivity contribution in [2.24, 2.45) is 0 Å². The first-order valence-corrected chi connectivity index (χ1v) is 10.5. The summed E-state index contributed by atoms with van der Waals surface area (Å²) in [5.41, 5.74) is 3.05. The maximum absolute atomic E-state index is 13.1. The van der Waals surface area contributed by atoms with Gasteiger partial charge in [0.25, 0.3) is 5.24 Å². The lowest BCUT2D eigenvalue weighted by Crippen LogP contribution is -2.40. The molecule has 5 nitrogen and oxygen atoms in total. The number of rotatable bonds is 5. The van der Waals surface area contributed by atoms with E-state index in [1.54, 1.807) is 9.80 Å². The number of carbonyl (C=O) groups excluding carboxylic acids is 2. The molecule has 0 radical (unpaired) electrons. The molecule has 0 N–H and O–H groups in total. The topological polar surface area (TPSA) is 53.5 Å². The molecule has 3 aromatic rings. The van der Waals surface area contributed by atoms with E-state index in [-0.39, 0.29) is 17.7 Å².